The largest absolute Gasteiger partial charge is 0.389 e. The van der Waals surface area contributed by atoms with Crippen LogP contribution < -0.4 is 10.6 Å². The molecule has 0 bridgehead atoms. The summed E-state index contributed by atoms with van der Waals surface area (Å²) < 4.78 is 10.2. The highest BCUT2D eigenvalue weighted by molar-refractivity contribution is 5.77. The van der Waals surface area contributed by atoms with E-state index in [-0.39, 0.29) is 12.5 Å². The molecule has 0 aliphatic heterocycles. The molecule has 0 heterocycles. The Morgan fingerprint density at radius 3 is 2.70 bits per heavy atom. The smallest absolute Gasteiger partial charge is 0.234 e. The summed E-state index contributed by atoms with van der Waals surface area (Å²) in [7, 11) is 1.59. The van der Waals surface area contributed by atoms with Crippen LogP contribution in [-0.2, 0) is 14.3 Å². The maximum atomic E-state index is 11.3. The van der Waals surface area contributed by atoms with E-state index in [0.29, 0.717) is 38.8 Å². The average molecular weight is 290 g/mol. The molecular formula is C14H30N2O4. The lowest BCUT2D eigenvalue weighted by Gasteiger charge is -2.12. The van der Waals surface area contributed by atoms with E-state index in [9.17, 15) is 9.90 Å². The lowest BCUT2D eigenvalue weighted by Crippen LogP contribution is -2.39. The van der Waals surface area contributed by atoms with Gasteiger partial charge in [0.1, 0.15) is 0 Å². The second-order valence-electron chi connectivity index (χ2n) is 5.24. The van der Waals surface area contributed by atoms with Crippen LogP contribution in [0, 0.1) is 5.92 Å². The van der Waals surface area contributed by atoms with E-state index in [0.717, 1.165) is 12.8 Å². The molecule has 0 fully saturated rings. The van der Waals surface area contributed by atoms with E-state index in [4.69, 9.17) is 9.47 Å². The lowest BCUT2D eigenvalue weighted by atomic mass is 10.1. The number of carbonyl (C=O) groups is 1. The van der Waals surface area contributed by atoms with E-state index in [1.54, 1.807) is 7.11 Å². The Bertz CT molecular complexity index is 237. The highest BCUT2D eigenvalue weighted by Gasteiger charge is 2.06. The van der Waals surface area contributed by atoms with Crippen molar-refractivity contribution in [2.24, 2.45) is 5.92 Å². The summed E-state index contributed by atoms with van der Waals surface area (Å²) >= 11 is 0. The third kappa shape index (κ3) is 13.7. The SMILES string of the molecule is COCCNC(=O)CNCC(O)COCCCC(C)C. The molecule has 1 atom stereocenters. The Morgan fingerprint density at radius 1 is 1.30 bits per heavy atom. The summed E-state index contributed by atoms with van der Waals surface area (Å²) in [6, 6.07) is 0. The zero-order valence-corrected chi connectivity index (χ0v) is 13.0. The molecule has 6 heteroatoms. The first kappa shape index (κ1) is 19.3. The molecule has 0 aliphatic rings. The van der Waals surface area contributed by atoms with Gasteiger partial charge >= 0.3 is 0 Å². The van der Waals surface area contributed by atoms with Gasteiger partial charge in [0, 0.05) is 26.8 Å². The third-order valence-corrected chi connectivity index (χ3v) is 2.67. The van der Waals surface area contributed by atoms with Crippen molar-refractivity contribution < 1.29 is 19.4 Å². The Balaban J connectivity index is 3.35. The van der Waals surface area contributed by atoms with Crippen molar-refractivity contribution in [3.8, 4) is 0 Å². The fraction of sp³-hybridized carbons (Fsp3) is 0.929. The van der Waals surface area contributed by atoms with Gasteiger partial charge in [-0.05, 0) is 18.8 Å². The molecule has 120 valence electrons. The second kappa shape index (κ2) is 13.3. The van der Waals surface area contributed by atoms with Gasteiger partial charge in [-0.2, -0.15) is 0 Å². The minimum Gasteiger partial charge on any atom is -0.389 e. The van der Waals surface area contributed by atoms with Crippen molar-refractivity contribution in [2.45, 2.75) is 32.8 Å². The Kier molecular flexibility index (Phi) is 12.8. The number of aliphatic hydroxyl groups is 1. The Hall–Kier alpha value is -0.690. The first-order valence-electron chi connectivity index (χ1n) is 7.28. The van der Waals surface area contributed by atoms with Crippen LogP contribution in [-0.4, -0.2) is 63.7 Å². The summed E-state index contributed by atoms with van der Waals surface area (Å²) in [5.74, 6) is 0.578. The normalized spacial score (nSPS) is 12.7. The Morgan fingerprint density at radius 2 is 2.05 bits per heavy atom. The standard InChI is InChI=1S/C14H30N2O4/c1-12(2)5-4-7-20-11-13(17)9-15-10-14(18)16-6-8-19-3/h12-13,15,17H,4-11H2,1-3H3,(H,16,18). The number of amides is 1. The van der Waals surface area contributed by atoms with E-state index in [1.165, 1.54) is 0 Å². The molecule has 0 saturated carbocycles. The maximum Gasteiger partial charge on any atom is 0.234 e. The summed E-state index contributed by atoms with van der Waals surface area (Å²) in [4.78, 5) is 11.3. The summed E-state index contributed by atoms with van der Waals surface area (Å²) in [5.41, 5.74) is 0. The van der Waals surface area contributed by atoms with Crippen LogP contribution in [0.25, 0.3) is 0 Å². The topological polar surface area (TPSA) is 79.8 Å². The van der Waals surface area contributed by atoms with Gasteiger partial charge in [-0.15, -0.1) is 0 Å². The van der Waals surface area contributed by atoms with E-state index in [2.05, 4.69) is 24.5 Å². The van der Waals surface area contributed by atoms with Crippen molar-refractivity contribution in [2.75, 3.05) is 46.6 Å². The highest BCUT2D eigenvalue weighted by atomic mass is 16.5. The zero-order chi connectivity index (χ0) is 15.2. The van der Waals surface area contributed by atoms with E-state index < -0.39 is 6.10 Å². The van der Waals surface area contributed by atoms with Crippen LogP contribution in [0.2, 0.25) is 0 Å². The van der Waals surface area contributed by atoms with Gasteiger partial charge in [0.25, 0.3) is 0 Å². The number of rotatable bonds is 13. The number of ether oxygens (including phenoxy) is 2. The minimum atomic E-state index is -0.583. The van der Waals surface area contributed by atoms with Crippen molar-refractivity contribution >= 4 is 5.91 Å². The molecule has 0 spiro atoms. The predicted octanol–water partition coefficient (Wildman–Crippen LogP) is 0.152. The molecule has 1 unspecified atom stereocenters. The van der Waals surface area contributed by atoms with Gasteiger partial charge in [-0.3, -0.25) is 4.79 Å². The Labute approximate surface area is 122 Å². The molecule has 0 rings (SSSR count). The quantitative estimate of drug-likeness (QED) is 0.421. The van der Waals surface area contributed by atoms with Gasteiger partial charge in [0.15, 0.2) is 0 Å². The molecule has 0 aromatic heterocycles. The number of hydrogen-bond donors (Lipinski definition) is 3. The number of carbonyl (C=O) groups excluding carboxylic acids is 1. The number of hydrogen-bond acceptors (Lipinski definition) is 5. The fourth-order valence-electron chi connectivity index (χ4n) is 1.58. The average Bonchev–Trinajstić information content (AvgIpc) is 2.38. The maximum absolute atomic E-state index is 11.3. The van der Waals surface area contributed by atoms with Gasteiger partial charge in [-0.25, -0.2) is 0 Å². The lowest BCUT2D eigenvalue weighted by molar-refractivity contribution is -0.120. The van der Waals surface area contributed by atoms with Gasteiger partial charge in [-0.1, -0.05) is 13.8 Å². The van der Waals surface area contributed by atoms with Crippen molar-refractivity contribution in [1.29, 1.82) is 0 Å². The molecule has 3 N–H and O–H groups in total. The molecule has 0 aromatic carbocycles. The van der Waals surface area contributed by atoms with Crippen molar-refractivity contribution in [1.82, 2.24) is 10.6 Å². The summed E-state index contributed by atoms with van der Waals surface area (Å²) in [6.45, 7) is 6.86. The number of methoxy groups -OCH3 is 1. The molecule has 6 nitrogen and oxygen atoms in total. The van der Waals surface area contributed by atoms with Crippen LogP contribution in [0.15, 0.2) is 0 Å². The molecule has 20 heavy (non-hydrogen) atoms. The predicted molar refractivity (Wildman–Crippen MR) is 78.7 cm³/mol. The summed E-state index contributed by atoms with van der Waals surface area (Å²) in [5, 5.41) is 15.2. The van der Waals surface area contributed by atoms with Crippen LogP contribution in [0.1, 0.15) is 26.7 Å². The second-order valence-corrected chi connectivity index (χ2v) is 5.24. The zero-order valence-electron chi connectivity index (χ0n) is 13.0. The minimum absolute atomic E-state index is 0.105. The van der Waals surface area contributed by atoms with E-state index >= 15 is 0 Å². The number of nitrogens with one attached hydrogen (secondary N) is 2. The van der Waals surface area contributed by atoms with Crippen LogP contribution in [0.3, 0.4) is 0 Å². The molecule has 0 aliphatic carbocycles. The van der Waals surface area contributed by atoms with Gasteiger partial charge in [0.2, 0.25) is 5.91 Å². The molecular weight excluding hydrogens is 260 g/mol. The third-order valence-electron chi connectivity index (χ3n) is 2.67. The summed E-state index contributed by atoms with van der Waals surface area (Å²) in [6.07, 6.45) is 1.57. The first-order valence-corrected chi connectivity index (χ1v) is 7.28. The molecule has 1 amide bonds. The van der Waals surface area contributed by atoms with Crippen LogP contribution in [0.4, 0.5) is 0 Å². The van der Waals surface area contributed by atoms with E-state index in [1.807, 2.05) is 0 Å². The van der Waals surface area contributed by atoms with Crippen molar-refractivity contribution in [3.05, 3.63) is 0 Å². The fourth-order valence-corrected chi connectivity index (χ4v) is 1.58. The number of aliphatic hydroxyl groups excluding tert-OH is 1. The molecule has 0 aromatic rings. The molecule has 0 radical (unpaired) electrons. The molecule has 0 saturated heterocycles. The van der Waals surface area contributed by atoms with Gasteiger partial charge < -0.3 is 25.2 Å². The van der Waals surface area contributed by atoms with Crippen molar-refractivity contribution in [3.63, 3.8) is 0 Å². The first-order chi connectivity index (χ1) is 9.56. The van der Waals surface area contributed by atoms with Crippen LogP contribution >= 0.6 is 0 Å². The van der Waals surface area contributed by atoms with Gasteiger partial charge in [0.05, 0.1) is 25.9 Å². The van der Waals surface area contributed by atoms with Crippen LogP contribution in [0.5, 0.6) is 0 Å². The highest BCUT2D eigenvalue weighted by Crippen LogP contribution is 2.03. The monoisotopic (exact) mass is 290 g/mol.